The fourth-order valence-corrected chi connectivity index (χ4v) is 2.90. The van der Waals surface area contributed by atoms with E-state index in [1.165, 1.54) is 11.3 Å². The van der Waals surface area contributed by atoms with Gasteiger partial charge >= 0.3 is 0 Å². The summed E-state index contributed by atoms with van der Waals surface area (Å²) < 4.78 is 0. The van der Waals surface area contributed by atoms with E-state index in [1.54, 1.807) is 24.4 Å². The van der Waals surface area contributed by atoms with Gasteiger partial charge in [0.25, 0.3) is 5.91 Å². The molecule has 0 saturated heterocycles. The molecule has 27 heavy (non-hydrogen) atoms. The maximum atomic E-state index is 12.1. The number of nitrogens with zero attached hydrogens (tertiary/aromatic N) is 1. The molecule has 0 bridgehead atoms. The molecule has 6 heteroatoms. The molecule has 0 saturated carbocycles. The quantitative estimate of drug-likeness (QED) is 0.672. The van der Waals surface area contributed by atoms with Crippen molar-refractivity contribution in [3.05, 3.63) is 82.3 Å². The Labute approximate surface area is 161 Å². The summed E-state index contributed by atoms with van der Waals surface area (Å²) in [4.78, 5) is 28.7. The minimum atomic E-state index is -0.170. The molecule has 3 rings (SSSR count). The second kappa shape index (κ2) is 9.32. The average Bonchev–Trinajstić information content (AvgIpc) is 3.22. The van der Waals surface area contributed by atoms with Gasteiger partial charge in [0, 0.05) is 30.4 Å². The van der Waals surface area contributed by atoms with Gasteiger partial charge in [0.1, 0.15) is 5.69 Å². The highest BCUT2D eigenvalue weighted by Gasteiger charge is 2.07. The Hall–Kier alpha value is -3.43. The third kappa shape index (κ3) is 5.80. The number of aromatic nitrogens is 1. The number of hydrogen-bond acceptors (Lipinski definition) is 4. The first-order chi connectivity index (χ1) is 13.2. The number of anilines is 1. The maximum Gasteiger partial charge on any atom is 0.261 e. The van der Waals surface area contributed by atoms with Gasteiger partial charge in [0.15, 0.2) is 0 Å². The number of benzene rings is 1. The number of carbonyl (C=O) groups excluding carboxylic acids is 2. The molecule has 0 radical (unpaired) electrons. The molecule has 2 N–H and O–H groups in total. The van der Waals surface area contributed by atoms with Crippen molar-refractivity contribution in [2.24, 2.45) is 0 Å². The van der Waals surface area contributed by atoms with Crippen molar-refractivity contribution in [3.63, 3.8) is 0 Å². The van der Waals surface area contributed by atoms with Gasteiger partial charge in [-0.1, -0.05) is 24.1 Å². The predicted octanol–water partition coefficient (Wildman–Crippen LogP) is 3.30. The Morgan fingerprint density at radius 2 is 1.96 bits per heavy atom. The Kier molecular flexibility index (Phi) is 6.34. The van der Waals surface area contributed by atoms with E-state index in [-0.39, 0.29) is 24.8 Å². The second-order valence-electron chi connectivity index (χ2n) is 5.58. The van der Waals surface area contributed by atoms with E-state index in [0.29, 0.717) is 16.3 Å². The molecule has 2 amide bonds. The van der Waals surface area contributed by atoms with E-state index in [9.17, 15) is 9.59 Å². The van der Waals surface area contributed by atoms with Crippen molar-refractivity contribution in [1.82, 2.24) is 10.3 Å². The van der Waals surface area contributed by atoms with Crippen LogP contribution in [0.4, 0.5) is 5.69 Å². The molecule has 0 aliphatic heterocycles. The van der Waals surface area contributed by atoms with Crippen molar-refractivity contribution < 1.29 is 9.59 Å². The Morgan fingerprint density at radius 1 is 1.04 bits per heavy atom. The molecule has 0 unspecified atom stereocenters. The van der Waals surface area contributed by atoms with E-state index in [0.717, 1.165) is 5.56 Å². The summed E-state index contributed by atoms with van der Waals surface area (Å²) in [6.45, 7) is 0.280. The van der Waals surface area contributed by atoms with Crippen LogP contribution in [0.2, 0.25) is 0 Å². The van der Waals surface area contributed by atoms with Crippen molar-refractivity contribution in [1.29, 1.82) is 0 Å². The first-order valence-corrected chi connectivity index (χ1v) is 9.23. The van der Waals surface area contributed by atoms with Gasteiger partial charge in [-0.15, -0.1) is 11.3 Å². The monoisotopic (exact) mass is 375 g/mol. The number of thiophene rings is 1. The van der Waals surface area contributed by atoms with Crippen LogP contribution in [0.15, 0.2) is 66.2 Å². The lowest BCUT2D eigenvalue weighted by atomic mass is 10.2. The van der Waals surface area contributed by atoms with Crippen LogP contribution < -0.4 is 10.6 Å². The maximum absolute atomic E-state index is 12.1. The van der Waals surface area contributed by atoms with Crippen LogP contribution >= 0.6 is 11.3 Å². The lowest BCUT2D eigenvalue weighted by Gasteiger charge is -2.06. The summed E-state index contributed by atoms with van der Waals surface area (Å²) in [5, 5.41) is 7.39. The summed E-state index contributed by atoms with van der Waals surface area (Å²) in [7, 11) is 0. The fraction of sp³-hybridized carbons (Fsp3) is 0.0952. The molecular formula is C21H17N3O2S. The topological polar surface area (TPSA) is 71.1 Å². The molecule has 134 valence electrons. The molecule has 0 fully saturated rings. The standard InChI is InChI=1S/C21H17N3O2S/c25-20(11-13-23-21(26)19-8-4-14-27-19)24-18-7-3-5-16(15-18)9-10-17-6-1-2-12-22-17/h1-8,12,14-15H,11,13H2,(H,23,26)(H,24,25). The number of nitrogens with one attached hydrogen (secondary N) is 2. The molecule has 0 aliphatic rings. The smallest absolute Gasteiger partial charge is 0.261 e. The van der Waals surface area contributed by atoms with Gasteiger partial charge in [-0.05, 0) is 47.7 Å². The largest absolute Gasteiger partial charge is 0.351 e. The third-order valence-electron chi connectivity index (χ3n) is 3.53. The van der Waals surface area contributed by atoms with Crippen LogP contribution in [0.1, 0.15) is 27.3 Å². The summed E-state index contributed by atoms with van der Waals surface area (Å²) in [5.74, 6) is 5.68. The van der Waals surface area contributed by atoms with Crippen molar-refractivity contribution in [3.8, 4) is 11.8 Å². The summed E-state index contributed by atoms with van der Waals surface area (Å²) in [5.41, 5.74) is 2.13. The van der Waals surface area contributed by atoms with Gasteiger partial charge in [0.2, 0.25) is 5.91 Å². The van der Waals surface area contributed by atoms with Crippen LogP contribution in [-0.4, -0.2) is 23.3 Å². The number of rotatable bonds is 5. The molecule has 3 aromatic rings. The fourth-order valence-electron chi connectivity index (χ4n) is 2.26. The normalized spacial score (nSPS) is 9.78. The van der Waals surface area contributed by atoms with Crippen LogP contribution in [0.5, 0.6) is 0 Å². The van der Waals surface area contributed by atoms with Gasteiger partial charge in [-0.25, -0.2) is 4.98 Å². The molecule has 2 heterocycles. The Morgan fingerprint density at radius 3 is 2.74 bits per heavy atom. The van der Waals surface area contributed by atoms with Gasteiger partial charge < -0.3 is 10.6 Å². The Balaban J connectivity index is 1.51. The molecule has 0 spiro atoms. The van der Waals surface area contributed by atoms with Crippen LogP contribution in [-0.2, 0) is 4.79 Å². The molecule has 0 aliphatic carbocycles. The average molecular weight is 375 g/mol. The van der Waals surface area contributed by atoms with Crippen LogP contribution in [0.3, 0.4) is 0 Å². The zero-order valence-electron chi connectivity index (χ0n) is 14.4. The Bertz CT molecular complexity index is 973. The van der Waals surface area contributed by atoms with E-state index in [1.807, 2.05) is 41.8 Å². The molecule has 2 aromatic heterocycles. The predicted molar refractivity (Wildman–Crippen MR) is 107 cm³/mol. The number of amides is 2. The lowest BCUT2D eigenvalue weighted by molar-refractivity contribution is -0.116. The zero-order chi connectivity index (χ0) is 18.9. The lowest BCUT2D eigenvalue weighted by Crippen LogP contribution is -2.27. The minimum absolute atomic E-state index is 0.162. The first kappa shape index (κ1) is 18.4. The van der Waals surface area contributed by atoms with Crippen molar-refractivity contribution in [2.75, 3.05) is 11.9 Å². The third-order valence-corrected chi connectivity index (χ3v) is 4.40. The second-order valence-corrected chi connectivity index (χ2v) is 6.52. The summed E-state index contributed by atoms with van der Waals surface area (Å²) in [6, 6.07) is 16.4. The highest BCUT2D eigenvalue weighted by molar-refractivity contribution is 7.12. The molecule has 0 atom stereocenters. The van der Waals surface area contributed by atoms with Gasteiger partial charge in [-0.2, -0.15) is 0 Å². The van der Waals surface area contributed by atoms with E-state index >= 15 is 0 Å². The van der Waals surface area contributed by atoms with Crippen LogP contribution in [0, 0.1) is 11.8 Å². The summed E-state index contributed by atoms with van der Waals surface area (Å²) in [6.07, 6.45) is 1.89. The summed E-state index contributed by atoms with van der Waals surface area (Å²) >= 11 is 1.37. The highest BCUT2D eigenvalue weighted by atomic mass is 32.1. The van der Waals surface area contributed by atoms with E-state index in [4.69, 9.17) is 0 Å². The molecule has 1 aromatic carbocycles. The van der Waals surface area contributed by atoms with Crippen LogP contribution in [0.25, 0.3) is 0 Å². The molecular weight excluding hydrogens is 358 g/mol. The number of pyridine rings is 1. The zero-order valence-corrected chi connectivity index (χ0v) is 15.3. The molecule has 5 nitrogen and oxygen atoms in total. The first-order valence-electron chi connectivity index (χ1n) is 8.35. The highest BCUT2D eigenvalue weighted by Crippen LogP contribution is 2.11. The SMILES string of the molecule is O=C(CCNC(=O)c1cccs1)Nc1cccc(C#Cc2ccccn2)c1. The van der Waals surface area contributed by atoms with E-state index in [2.05, 4.69) is 27.5 Å². The van der Waals surface area contributed by atoms with Gasteiger partial charge in [0.05, 0.1) is 4.88 Å². The van der Waals surface area contributed by atoms with Crippen molar-refractivity contribution >= 4 is 28.8 Å². The number of hydrogen-bond donors (Lipinski definition) is 2. The van der Waals surface area contributed by atoms with Crippen molar-refractivity contribution in [2.45, 2.75) is 6.42 Å². The number of carbonyl (C=O) groups is 2. The minimum Gasteiger partial charge on any atom is -0.351 e. The van der Waals surface area contributed by atoms with E-state index < -0.39 is 0 Å². The van der Waals surface area contributed by atoms with Gasteiger partial charge in [-0.3, -0.25) is 9.59 Å².